The lowest BCUT2D eigenvalue weighted by Gasteiger charge is -2.40. The molecule has 0 radical (unpaired) electrons. The zero-order chi connectivity index (χ0) is 24.2. The van der Waals surface area contributed by atoms with E-state index in [9.17, 15) is 32.4 Å². The fourth-order valence-electron chi connectivity index (χ4n) is 3.77. The number of nitrogens with zero attached hydrogens (tertiary/aromatic N) is 4. The predicted molar refractivity (Wildman–Crippen MR) is 110 cm³/mol. The second kappa shape index (κ2) is 9.48. The molecule has 2 heterocycles. The third-order valence-electron chi connectivity index (χ3n) is 5.59. The molecule has 3 rings (SSSR count). The summed E-state index contributed by atoms with van der Waals surface area (Å²) < 4.78 is 52.4. The smallest absolute Gasteiger partial charge is 0.355 e. The molecule has 2 amide bonds. The van der Waals surface area contributed by atoms with Crippen molar-refractivity contribution >= 4 is 23.3 Å². The van der Waals surface area contributed by atoms with Gasteiger partial charge in [0.2, 0.25) is 5.91 Å². The number of benzene rings is 1. The van der Waals surface area contributed by atoms with Crippen molar-refractivity contribution in [2.24, 2.45) is 0 Å². The van der Waals surface area contributed by atoms with Crippen LogP contribution in [0.5, 0.6) is 0 Å². The number of piperidine rings is 1. The van der Waals surface area contributed by atoms with Crippen LogP contribution in [0.1, 0.15) is 36.0 Å². The fraction of sp³-hybridized carbons (Fsp3) is 0.429. The Bertz CT molecular complexity index is 1050. The van der Waals surface area contributed by atoms with Gasteiger partial charge >= 0.3 is 6.18 Å². The van der Waals surface area contributed by atoms with Crippen LogP contribution in [0.2, 0.25) is 0 Å². The molecule has 176 valence electrons. The Labute approximate surface area is 187 Å². The van der Waals surface area contributed by atoms with E-state index in [0.29, 0.717) is 5.69 Å². The molecular weight excluding hydrogens is 444 g/mol. The van der Waals surface area contributed by atoms with E-state index in [0.717, 1.165) is 4.90 Å². The van der Waals surface area contributed by atoms with E-state index in [2.05, 4.69) is 21.8 Å². The van der Waals surface area contributed by atoms with Crippen molar-refractivity contribution in [3.63, 3.8) is 0 Å². The molecule has 1 saturated heterocycles. The SMILES string of the molecule is CNC(=O)c1cn(C2(CC#N)CCN(C(=O)CC(F)(F)F)CC2)nc1Nc1ccc(F)cc1. The second-order valence-corrected chi connectivity index (χ2v) is 7.78. The number of hydrogen-bond donors (Lipinski definition) is 2. The summed E-state index contributed by atoms with van der Waals surface area (Å²) in [7, 11) is 1.44. The molecule has 12 heteroatoms. The number of nitriles is 1. The minimum Gasteiger partial charge on any atom is -0.355 e. The number of halogens is 4. The Hall–Kier alpha value is -3.62. The first-order valence-corrected chi connectivity index (χ1v) is 10.1. The molecule has 0 bridgehead atoms. The number of amides is 2. The van der Waals surface area contributed by atoms with E-state index in [-0.39, 0.29) is 43.7 Å². The number of carbonyl (C=O) groups is 2. The summed E-state index contributed by atoms with van der Waals surface area (Å²) in [4.78, 5) is 25.5. The van der Waals surface area contributed by atoms with Gasteiger partial charge in [0.05, 0.1) is 18.0 Å². The molecule has 0 unspecified atom stereocenters. The number of rotatable bonds is 6. The first-order chi connectivity index (χ1) is 15.6. The van der Waals surface area contributed by atoms with Crippen LogP contribution in [0.25, 0.3) is 0 Å². The van der Waals surface area contributed by atoms with Gasteiger partial charge < -0.3 is 15.5 Å². The molecule has 1 aliphatic heterocycles. The number of likely N-dealkylation sites (tertiary alicyclic amines) is 1. The monoisotopic (exact) mass is 466 g/mol. The van der Waals surface area contributed by atoms with Gasteiger partial charge in [-0.3, -0.25) is 14.3 Å². The number of anilines is 2. The van der Waals surface area contributed by atoms with Gasteiger partial charge in [0, 0.05) is 32.0 Å². The quantitative estimate of drug-likeness (QED) is 0.636. The Kier molecular flexibility index (Phi) is 6.90. The fourth-order valence-corrected chi connectivity index (χ4v) is 3.77. The summed E-state index contributed by atoms with van der Waals surface area (Å²) in [6, 6.07) is 7.50. The molecule has 1 aromatic heterocycles. The zero-order valence-corrected chi connectivity index (χ0v) is 17.7. The van der Waals surface area contributed by atoms with Gasteiger partial charge in [0.15, 0.2) is 5.82 Å². The van der Waals surface area contributed by atoms with Gasteiger partial charge in [-0.2, -0.15) is 23.5 Å². The Morgan fingerprint density at radius 1 is 1.21 bits per heavy atom. The lowest BCUT2D eigenvalue weighted by Crippen LogP contribution is -2.48. The van der Waals surface area contributed by atoms with E-state index >= 15 is 0 Å². The molecule has 1 aromatic carbocycles. The number of nitrogens with one attached hydrogen (secondary N) is 2. The van der Waals surface area contributed by atoms with Crippen molar-refractivity contribution in [3.05, 3.63) is 41.8 Å². The van der Waals surface area contributed by atoms with Crippen molar-refractivity contribution in [1.29, 1.82) is 5.26 Å². The van der Waals surface area contributed by atoms with Crippen molar-refractivity contribution < 1.29 is 27.2 Å². The molecule has 2 aromatic rings. The number of aromatic nitrogens is 2. The Morgan fingerprint density at radius 2 is 1.85 bits per heavy atom. The highest BCUT2D eigenvalue weighted by Crippen LogP contribution is 2.35. The molecule has 8 nitrogen and oxygen atoms in total. The molecule has 0 aliphatic carbocycles. The van der Waals surface area contributed by atoms with Crippen LogP contribution in [-0.2, 0) is 10.3 Å². The molecule has 1 fully saturated rings. The molecule has 2 N–H and O–H groups in total. The lowest BCUT2D eigenvalue weighted by atomic mass is 9.84. The topological polar surface area (TPSA) is 103 Å². The second-order valence-electron chi connectivity index (χ2n) is 7.78. The van der Waals surface area contributed by atoms with Crippen LogP contribution in [0.15, 0.2) is 30.5 Å². The maximum Gasteiger partial charge on any atom is 0.397 e. The van der Waals surface area contributed by atoms with E-state index in [1.165, 1.54) is 42.2 Å². The summed E-state index contributed by atoms with van der Waals surface area (Å²) in [6.45, 7) is 0.0406. The summed E-state index contributed by atoms with van der Waals surface area (Å²) in [6.07, 6.45) is -4.30. The van der Waals surface area contributed by atoms with E-state index in [1.807, 2.05) is 0 Å². The Morgan fingerprint density at radius 3 is 2.39 bits per heavy atom. The average molecular weight is 466 g/mol. The van der Waals surface area contributed by atoms with Gasteiger partial charge in [-0.05, 0) is 37.1 Å². The van der Waals surface area contributed by atoms with Crippen LogP contribution >= 0.6 is 0 Å². The van der Waals surface area contributed by atoms with Crippen LogP contribution in [-0.4, -0.2) is 52.8 Å². The largest absolute Gasteiger partial charge is 0.397 e. The lowest BCUT2D eigenvalue weighted by molar-refractivity contribution is -0.162. The molecule has 33 heavy (non-hydrogen) atoms. The van der Waals surface area contributed by atoms with Gasteiger partial charge in [0.1, 0.15) is 17.8 Å². The molecule has 1 aliphatic rings. The summed E-state index contributed by atoms with van der Waals surface area (Å²) >= 11 is 0. The third-order valence-corrected chi connectivity index (χ3v) is 5.59. The van der Waals surface area contributed by atoms with Crippen molar-refractivity contribution in [2.45, 2.75) is 37.4 Å². The van der Waals surface area contributed by atoms with Crippen LogP contribution in [0.3, 0.4) is 0 Å². The summed E-state index contributed by atoms with van der Waals surface area (Å²) in [5, 5.41) is 19.3. The normalized spacial score (nSPS) is 15.6. The highest BCUT2D eigenvalue weighted by Gasteiger charge is 2.41. The first-order valence-electron chi connectivity index (χ1n) is 10.1. The molecular formula is C21H22F4N6O2. The van der Waals surface area contributed by atoms with Crippen LogP contribution in [0, 0.1) is 17.1 Å². The van der Waals surface area contributed by atoms with E-state index in [1.54, 1.807) is 0 Å². The van der Waals surface area contributed by atoms with Crippen molar-refractivity contribution in [1.82, 2.24) is 20.0 Å². The standard InChI is InChI=1S/C21H22F4N6O2/c1-27-19(33)16-13-31(29-18(16)28-15-4-2-14(22)3-5-15)20(6-9-26)7-10-30(11-8-20)17(32)12-21(23,24)25/h2-5,13H,6-8,10-12H2,1H3,(H,27,33)(H,28,29). The summed E-state index contributed by atoms with van der Waals surface area (Å²) in [5.74, 6) is -1.72. The number of hydrogen-bond acceptors (Lipinski definition) is 5. The van der Waals surface area contributed by atoms with Gasteiger partial charge in [0.25, 0.3) is 5.91 Å². The maximum atomic E-state index is 13.2. The number of alkyl halides is 3. The minimum atomic E-state index is -4.59. The summed E-state index contributed by atoms with van der Waals surface area (Å²) in [5.41, 5.74) is -0.252. The highest BCUT2D eigenvalue weighted by molar-refractivity contribution is 5.99. The van der Waals surface area contributed by atoms with E-state index < -0.39 is 35.8 Å². The maximum absolute atomic E-state index is 13.2. The van der Waals surface area contributed by atoms with Crippen LogP contribution in [0.4, 0.5) is 29.1 Å². The highest BCUT2D eigenvalue weighted by atomic mass is 19.4. The van der Waals surface area contributed by atoms with E-state index in [4.69, 9.17) is 0 Å². The zero-order valence-electron chi connectivity index (χ0n) is 17.7. The minimum absolute atomic E-state index is 0.0147. The predicted octanol–water partition coefficient (Wildman–Crippen LogP) is 3.31. The third kappa shape index (κ3) is 5.60. The number of carbonyl (C=O) groups excluding carboxylic acids is 2. The molecule has 0 atom stereocenters. The molecule has 0 saturated carbocycles. The first kappa shape index (κ1) is 24.0. The van der Waals surface area contributed by atoms with Gasteiger partial charge in [-0.1, -0.05) is 0 Å². The van der Waals surface area contributed by atoms with Crippen molar-refractivity contribution in [3.8, 4) is 6.07 Å². The molecule has 0 spiro atoms. The Balaban J connectivity index is 1.88. The van der Waals surface area contributed by atoms with Gasteiger partial charge in [-0.25, -0.2) is 4.39 Å². The van der Waals surface area contributed by atoms with Gasteiger partial charge in [-0.15, -0.1) is 0 Å². The average Bonchev–Trinajstić information content (AvgIpc) is 3.18. The van der Waals surface area contributed by atoms with Crippen LogP contribution < -0.4 is 10.6 Å². The van der Waals surface area contributed by atoms with Crippen molar-refractivity contribution in [2.75, 3.05) is 25.5 Å².